The van der Waals surface area contributed by atoms with Crippen LogP contribution in [-0.2, 0) is 19.2 Å². The van der Waals surface area contributed by atoms with Gasteiger partial charge in [0.15, 0.2) is 0 Å². The Morgan fingerprint density at radius 2 is 1.62 bits per heavy atom. The van der Waals surface area contributed by atoms with E-state index in [-0.39, 0.29) is 41.5 Å². The van der Waals surface area contributed by atoms with Crippen LogP contribution >= 0.6 is 11.8 Å². The van der Waals surface area contributed by atoms with Crippen molar-refractivity contribution in [3.05, 3.63) is 0 Å². The molecule has 3 atom stereocenters. The van der Waals surface area contributed by atoms with Gasteiger partial charge in [0, 0.05) is 43.3 Å². The van der Waals surface area contributed by atoms with Gasteiger partial charge in [0.1, 0.15) is 11.6 Å². The number of carbonyl (C=O) groups is 4. The van der Waals surface area contributed by atoms with E-state index in [1.807, 2.05) is 6.26 Å². The third-order valence-corrected chi connectivity index (χ3v) is 5.76. The summed E-state index contributed by atoms with van der Waals surface area (Å²) in [6.45, 7) is 0. The second-order valence-corrected chi connectivity index (χ2v) is 7.40. The standard InChI is InChI=1S/C17H26O6S/c1-24-15-10-14(19)12(8-9-17(22)23)13(15)7-6-11(18)4-2-3-5-16(20)21/h12-13,15H,2-10H2,1H3,(H,20,21)(H,22,23)/t12-,13-,15?/m1/s1. The van der Waals surface area contributed by atoms with Crippen LogP contribution in [-0.4, -0.2) is 45.2 Å². The van der Waals surface area contributed by atoms with Gasteiger partial charge in [-0.15, -0.1) is 0 Å². The lowest BCUT2D eigenvalue weighted by Gasteiger charge is -2.22. The van der Waals surface area contributed by atoms with Crippen LogP contribution in [0.25, 0.3) is 0 Å². The number of thioether (sulfide) groups is 1. The van der Waals surface area contributed by atoms with E-state index in [2.05, 4.69) is 0 Å². The Hall–Kier alpha value is -1.37. The molecule has 2 N–H and O–H groups in total. The molecule has 0 radical (unpaired) electrons. The van der Waals surface area contributed by atoms with Crippen LogP contribution in [0.2, 0.25) is 0 Å². The largest absolute Gasteiger partial charge is 0.481 e. The molecule has 7 heteroatoms. The molecule has 0 aromatic carbocycles. The van der Waals surface area contributed by atoms with Crippen molar-refractivity contribution in [3.63, 3.8) is 0 Å². The van der Waals surface area contributed by atoms with E-state index in [4.69, 9.17) is 10.2 Å². The van der Waals surface area contributed by atoms with Crippen molar-refractivity contribution >= 4 is 35.3 Å². The minimum Gasteiger partial charge on any atom is -0.481 e. The second-order valence-electron chi connectivity index (χ2n) is 6.33. The summed E-state index contributed by atoms with van der Waals surface area (Å²) in [5.74, 6) is -1.72. The van der Waals surface area contributed by atoms with Gasteiger partial charge in [0.25, 0.3) is 0 Å². The molecule has 0 amide bonds. The minimum atomic E-state index is -0.899. The topological polar surface area (TPSA) is 109 Å². The Morgan fingerprint density at radius 1 is 1.00 bits per heavy atom. The molecule has 0 bridgehead atoms. The molecular formula is C17H26O6S. The van der Waals surface area contributed by atoms with Gasteiger partial charge in [-0.1, -0.05) is 0 Å². The fourth-order valence-electron chi connectivity index (χ4n) is 3.35. The van der Waals surface area contributed by atoms with Gasteiger partial charge in [0.05, 0.1) is 0 Å². The summed E-state index contributed by atoms with van der Waals surface area (Å²) in [5, 5.41) is 17.6. The van der Waals surface area contributed by atoms with Gasteiger partial charge in [-0.3, -0.25) is 19.2 Å². The predicted molar refractivity (Wildman–Crippen MR) is 91.1 cm³/mol. The first-order valence-corrected chi connectivity index (χ1v) is 9.64. The molecule has 136 valence electrons. The van der Waals surface area contributed by atoms with E-state index in [9.17, 15) is 19.2 Å². The lowest BCUT2D eigenvalue weighted by atomic mass is 9.86. The summed E-state index contributed by atoms with van der Waals surface area (Å²) in [7, 11) is 0. The van der Waals surface area contributed by atoms with Crippen molar-refractivity contribution in [1.82, 2.24) is 0 Å². The normalized spacial score (nSPS) is 23.4. The zero-order valence-corrected chi connectivity index (χ0v) is 14.8. The first kappa shape index (κ1) is 20.7. The van der Waals surface area contributed by atoms with Gasteiger partial charge < -0.3 is 10.2 Å². The maximum Gasteiger partial charge on any atom is 0.303 e. The summed E-state index contributed by atoms with van der Waals surface area (Å²) in [6, 6.07) is 0. The summed E-state index contributed by atoms with van der Waals surface area (Å²) in [5.41, 5.74) is 0. The maximum absolute atomic E-state index is 12.1. The van der Waals surface area contributed by atoms with Gasteiger partial charge in [-0.2, -0.15) is 11.8 Å². The number of carboxylic acids is 2. The Morgan fingerprint density at radius 3 is 2.21 bits per heavy atom. The highest BCUT2D eigenvalue weighted by Gasteiger charge is 2.41. The average Bonchev–Trinajstić information content (AvgIpc) is 2.82. The van der Waals surface area contributed by atoms with Crippen LogP contribution in [0.4, 0.5) is 0 Å². The second kappa shape index (κ2) is 10.5. The highest BCUT2D eigenvalue weighted by Crippen LogP contribution is 2.41. The summed E-state index contributed by atoms with van der Waals surface area (Å²) >= 11 is 1.61. The van der Waals surface area contributed by atoms with Crippen molar-refractivity contribution in [2.45, 2.75) is 63.0 Å². The van der Waals surface area contributed by atoms with Crippen molar-refractivity contribution in [2.75, 3.05) is 6.26 Å². The fraction of sp³-hybridized carbons (Fsp3) is 0.765. The molecule has 1 aliphatic rings. The first-order chi connectivity index (χ1) is 11.3. The third-order valence-electron chi connectivity index (χ3n) is 4.64. The lowest BCUT2D eigenvalue weighted by molar-refractivity contribution is -0.138. The van der Waals surface area contributed by atoms with Crippen molar-refractivity contribution in [1.29, 1.82) is 0 Å². The number of Topliss-reactive ketones (excluding diaryl/α,β-unsaturated/α-hetero) is 2. The lowest BCUT2D eigenvalue weighted by Crippen LogP contribution is -2.21. The van der Waals surface area contributed by atoms with Gasteiger partial charge in [0.2, 0.25) is 0 Å². The van der Waals surface area contributed by atoms with E-state index in [0.717, 1.165) is 0 Å². The number of hydrogen-bond acceptors (Lipinski definition) is 5. The molecule has 6 nitrogen and oxygen atoms in total. The number of carbonyl (C=O) groups excluding carboxylic acids is 2. The fourth-order valence-corrected chi connectivity index (χ4v) is 4.36. The molecule has 1 unspecified atom stereocenters. The van der Waals surface area contributed by atoms with E-state index in [0.29, 0.717) is 44.9 Å². The number of carboxylic acid groups (broad SMARTS) is 2. The zero-order valence-electron chi connectivity index (χ0n) is 14.0. The van der Waals surface area contributed by atoms with Gasteiger partial charge in [-0.05, 0) is 37.9 Å². The predicted octanol–water partition coefficient (Wildman–Crippen LogP) is 2.78. The molecule has 0 aromatic heterocycles. The number of unbranched alkanes of at least 4 members (excludes halogenated alkanes) is 1. The third kappa shape index (κ3) is 7.03. The van der Waals surface area contributed by atoms with E-state index < -0.39 is 11.9 Å². The zero-order chi connectivity index (χ0) is 18.1. The van der Waals surface area contributed by atoms with Crippen molar-refractivity contribution in [2.24, 2.45) is 11.8 Å². The molecule has 1 rings (SSSR count). The molecule has 0 spiro atoms. The quantitative estimate of drug-likeness (QED) is 0.516. The number of hydrogen-bond donors (Lipinski definition) is 2. The molecule has 0 heterocycles. The molecule has 1 saturated carbocycles. The van der Waals surface area contributed by atoms with Crippen LogP contribution in [0, 0.1) is 11.8 Å². The molecule has 0 saturated heterocycles. The van der Waals surface area contributed by atoms with Crippen molar-refractivity contribution in [3.8, 4) is 0 Å². The van der Waals surface area contributed by atoms with Crippen LogP contribution in [0.3, 0.4) is 0 Å². The van der Waals surface area contributed by atoms with E-state index in [1.165, 1.54) is 0 Å². The highest BCUT2D eigenvalue weighted by molar-refractivity contribution is 7.99. The Balaban J connectivity index is 2.45. The van der Waals surface area contributed by atoms with Crippen LogP contribution in [0.5, 0.6) is 0 Å². The molecule has 0 aliphatic heterocycles. The SMILES string of the molecule is CSC1CC(=O)[C@H](CCC(=O)O)[C@H]1CCC(=O)CCCCC(=O)O. The Bertz CT molecular complexity index is 476. The van der Waals surface area contributed by atoms with E-state index >= 15 is 0 Å². The Labute approximate surface area is 146 Å². The average molecular weight is 358 g/mol. The number of ketones is 2. The summed E-state index contributed by atoms with van der Waals surface area (Å²) in [4.78, 5) is 45.3. The first-order valence-electron chi connectivity index (χ1n) is 8.36. The maximum atomic E-state index is 12.1. The van der Waals surface area contributed by atoms with Gasteiger partial charge in [-0.25, -0.2) is 0 Å². The minimum absolute atomic E-state index is 0.0167. The molecule has 0 aromatic rings. The highest BCUT2D eigenvalue weighted by atomic mass is 32.2. The molecular weight excluding hydrogens is 332 g/mol. The monoisotopic (exact) mass is 358 g/mol. The van der Waals surface area contributed by atoms with Crippen molar-refractivity contribution < 1.29 is 29.4 Å². The van der Waals surface area contributed by atoms with Crippen LogP contribution in [0.1, 0.15) is 57.8 Å². The van der Waals surface area contributed by atoms with Crippen LogP contribution in [0.15, 0.2) is 0 Å². The molecule has 1 aliphatic carbocycles. The number of aliphatic carboxylic acids is 2. The smallest absolute Gasteiger partial charge is 0.303 e. The molecule has 1 fully saturated rings. The molecule has 24 heavy (non-hydrogen) atoms. The van der Waals surface area contributed by atoms with Gasteiger partial charge >= 0.3 is 11.9 Å². The summed E-state index contributed by atoms with van der Waals surface area (Å²) in [6.07, 6.45) is 5.25. The van der Waals surface area contributed by atoms with Crippen LogP contribution < -0.4 is 0 Å². The summed E-state index contributed by atoms with van der Waals surface area (Å²) < 4.78 is 0. The Kier molecular flexibility index (Phi) is 9.03. The number of rotatable bonds is 12. The van der Waals surface area contributed by atoms with E-state index in [1.54, 1.807) is 11.8 Å².